The number of rotatable bonds is 1. The molecule has 1 heterocycles. The number of aryl methyl sites for hydroxylation is 1. The molecular formula is C13H12BrClFN. The molecule has 1 aromatic heterocycles. The van der Waals surface area contributed by atoms with Crippen LogP contribution in [0.3, 0.4) is 0 Å². The van der Waals surface area contributed by atoms with Crippen LogP contribution in [0.25, 0.3) is 10.9 Å². The van der Waals surface area contributed by atoms with Gasteiger partial charge in [0.05, 0.1) is 9.99 Å². The van der Waals surface area contributed by atoms with Crippen LogP contribution in [0, 0.1) is 12.7 Å². The van der Waals surface area contributed by atoms with E-state index in [0.717, 1.165) is 22.0 Å². The highest BCUT2D eigenvalue weighted by Gasteiger charge is 2.14. The Kier molecular flexibility index (Phi) is 3.41. The van der Waals surface area contributed by atoms with Crippen molar-refractivity contribution in [2.45, 2.75) is 26.7 Å². The summed E-state index contributed by atoms with van der Waals surface area (Å²) in [4.78, 5) is 4.37. The van der Waals surface area contributed by atoms with E-state index in [4.69, 9.17) is 11.6 Å². The fourth-order valence-electron chi connectivity index (χ4n) is 1.83. The zero-order chi connectivity index (χ0) is 12.7. The first-order chi connectivity index (χ1) is 7.91. The van der Waals surface area contributed by atoms with E-state index in [1.165, 1.54) is 6.07 Å². The van der Waals surface area contributed by atoms with Gasteiger partial charge >= 0.3 is 0 Å². The molecule has 90 valence electrons. The molecule has 0 unspecified atom stereocenters. The topological polar surface area (TPSA) is 12.9 Å². The van der Waals surface area contributed by atoms with Gasteiger partial charge in [-0.3, -0.25) is 0 Å². The highest BCUT2D eigenvalue weighted by Crippen LogP contribution is 2.33. The Hall–Kier alpha value is -0.670. The molecule has 0 atom stereocenters. The minimum Gasteiger partial charge on any atom is -0.235 e. The van der Waals surface area contributed by atoms with Crippen LogP contribution in [0.4, 0.5) is 4.39 Å². The van der Waals surface area contributed by atoms with Gasteiger partial charge in [-0.05, 0) is 52.0 Å². The van der Waals surface area contributed by atoms with Gasteiger partial charge in [0, 0.05) is 5.39 Å². The van der Waals surface area contributed by atoms with Crippen molar-refractivity contribution >= 4 is 38.4 Å². The number of nitrogens with zero attached hydrogens (tertiary/aromatic N) is 1. The van der Waals surface area contributed by atoms with E-state index >= 15 is 0 Å². The fourth-order valence-corrected chi connectivity index (χ4v) is 2.60. The molecular weight excluding hydrogens is 305 g/mol. The van der Waals surface area contributed by atoms with Gasteiger partial charge in [0.2, 0.25) is 0 Å². The second-order valence-corrected chi connectivity index (χ2v) is 5.56. The SMILES string of the molecule is Cc1cc(F)c(Br)c2cc(C(C)C)c(Cl)nc12. The van der Waals surface area contributed by atoms with Gasteiger partial charge in [0.25, 0.3) is 0 Å². The van der Waals surface area contributed by atoms with Crippen LogP contribution in [0.1, 0.15) is 30.9 Å². The third-order valence-electron chi connectivity index (χ3n) is 2.79. The van der Waals surface area contributed by atoms with Crippen LogP contribution in [0.15, 0.2) is 16.6 Å². The third-order valence-corrected chi connectivity index (χ3v) is 3.90. The van der Waals surface area contributed by atoms with Crippen LogP contribution in [-0.4, -0.2) is 4.98 Å². The summed E-state index contributed by atoms with van der Waals surface area (Å²) in [6.07, 6.45) is 0. The summed E-state index contributed by atoms with van der Waals surface area (Å²) in [6.45, 7) is 5.90. The molecule has 0 aliphatic carbocycles. The minimum absolute atomic E-state index is 0.259. The molecule has 0 amide bonds. The second kappa shape index (κ2) is 4.54. The van der Waals surface area contributed by atoms with E-state index in [1.807, 2.05) is 26.8 Å². The molecule has 17 heavy (non-hydrogen) atoms. The Balaban J connectivity index is 2.88. The van der Waals surface area contributed by atoms with Gasteiger partial charge < -0.3 is 0 Å². The van der Waals surface area contributed by atoms with Crippen molar-refractivity contribution in [3.8, 4) is 0 Å². The van der Waals surface area contributed by atoms with E-state index in [2.05, 4.69) is 20.9 Å². The molecule has 0 aliphatic heterocycles. The lowest BCUT2D eigenvalue weighted by molar-refractivity contribution is 0.622. The maximum absolute atomic E-state index is 13.6. The average molecular weight is 317 g/mol. The predicted molar refractivity (Wildman–Crippen MR) is 73.2 cm³/mol. The first-order valence-corrected chi connectivity index (χ1v) is 6.53. The van der Waals surface area contributed by atoms with Gasteiger partial charge in [-0.2, -0.15) is 0 Å². The lowest BCUT2D eigenvalue weighted by Crippen LogP contribution is -1.96. The smallest absolute Gasteiger partial charge is 0.138 e. The third kappa shape index (κ3) is 2.18. The zero-order valence-electron chi connectivity index (χ0n) is 9.81. The summed E-state index contributed by atoms with van der Waals surface area (Å²) in [6, 6.07) is 3.38. The normalized spacial score (nSPS) is 11.5. The van der Waals surface area contributed by atoms with Gasteiger partial charge in [-0.25, -0.2) is 9.37 Å². The summed E-state index contributed by atoms with van der Waals surface area (Å²) < 4.78 is 14.1. The number of hydrogen-bond acceptors (Lipinski definition) is 1. The van der Waals surface area contributed by atoms with Gasteiger partial charge in [0.15, 0.2) is 0 Å². The van der Waals surface area contributed by atoms with Crippen molar-refractivity contribution in [3.63, 3.8) is 0 Å². The molecule has 0 aliphatic rings. The van der Waals surface area contributed by atoms with Crippen molar-refractivity contribution in [3.05, 3.63) is 38.7 Å². The van der Waals surface area contributed by atoms with Crippen LogP contribution in [-0.2, 0) is 0 Å². The highest BCUT2D eigenvalue weighted by atomic mass is 79.9. The van der Waals surface area contributed by atoms with Crippen LogP contribution in [0.2, 0.25) is 5.15 Å². The molecule has 1 aromatic carbocycles. The first kappa shape index (κ1) is 12.8. The molecule has 0 N–H and O–H groups in total. The summed E-state index contributed by atoms with van der Waals surface area (Å²) in [7, 11) is 0. The molecule has 2 rings (SSSR count). The number of aromatic nitrogens is 1. The summed E-state index contributed by atoms with van der Waals surface area (Å²) >= 11 is 9.41. The Morgan fingerprint density at radius 2 is 2.00 bits per heavy atom. The maximum atomic E-state index is 13.6. The predicted octanol–water partition coefficient (Wildman–Crippen LogP) is 5.22. The summed E-state index contributed by atoms with van der Waals surface area (Å²) in [5.74, 6) is -0.0105. The molecule has 0 saturated heterocycles. The van der Waals surface area contributed by atoms with Crippen LogP contribution >= 0.6 is 27.5 Å². The number of hydrogen-bond donors (Lipinski definition) is 0. The average Bonchev–Trinajstić information content (AvgIpc) is 2.25. The molecule has 2 aromatic rings. The van der Waals surface area contributed by atoms with Gasteiger partial charge in [-0.15, -0.1) is 0 Å². The number of benzene rings is 1. The lowest BCUT2D eigenvalue weighted by Gasteiger charge is -2.12. The molecule has 4 heteroatoms. The van der Waals surface area contributed by atoms with E-state index in [-0.39, 0.29) is 11.7 Å². The van der Waals surface area contributed by atoms with Crippen molar-refractivity contribution in [2.75, 3.05) is 0 Å². The van der Waals surface area contributed by atoms with Crippen LogP contribution < -0.4 is 0 Å². The highest BCUT2D eigenvalue weighted by molar-refractivity contribution is 9.10. The molecule has 0 radical (unpaired) electrons. The number of fused-ring (bicyclic) bond motifs is 1. The Labute approximate surface area is 113 Å². The van der Waals surface area contributed by atoms with E-state index in [0.29, 0.717) is 9.63 Å². The van der Waals surface area contributed by atoms with Gasteiger partial charge in [-0.1, -0.05) is 25.4 Å². The molecule has 0 saturated carbocycles. The summed E-state index contributed by atoms with van der Waals surface area (Å²) in [5, 5.41) is 1.27. The largest absolute Gasteiger partial charge is 0.235 e. The maximum Gasteiger partial charge on any atom is 0.138 e. The molecule has 0 bridgehead atoms. The molecule has 0 spiro atoms. The molecule has 0 fully saturated rings. The van der Waals surface area contributed by atoms with E-state index in [1.54, 1.807) is 0 Å². The first-order valence-electron chi connectivity index (χ1n) is 5.36. The van der Waals surface area contributed by atoms with Crippen LogP contribution in [0.5, 0.6) is 0 Å². The van der Waals surface area contributed by atoms with Gasteiger partial charge in [0.1, 0.15) is 11.0 Å². The minimum atomic E-state index is -0.270. The van der Waals surface area contributed by atoms with Crippen molar-refractivity contribution < 1.29 is 4.39 Å². The zero-order valence-corrected chi connectivity index (χ0v) is 12.2. The lowest BCUT2D eigenvalue weighted by atomic mass is 10.0. The molecule has 1 nitrogen and oxygen atoms in total. The second-order valence-electron chi connectivity index (χ2n) is 4.41. The standard InChI is InChI=1S/C13H12BrClFN/c1-6(2)8-5-9-11(14)10(16)4-7(3)12(9)17-13(8)15/h4-6H,1-3H3. The van der Waals surface area contributed by atoms with Crippen molar-refractivity contribution in [1.29, 1.82) is 0 Å². The van der Waals surface area contributed by atoms with E-state index < -0.39 is 0 Å². The fraction of sp³-hybridized carbons (Fsp3) is 0.308. The summed E-state index contributed by atoms with van der Waals surface area (Å²) in [5.41, 5.74) is 2.47. The van der Waals surface area contributed by atoms with E-state index in [9.17, 15) is 4.39 Å². The Bertz CT molecular complexity index is 596. The quantitative estimate of drug-likeness (QED) is 0.657. The Morgan fingerprint density at radius 3 is 2.59 bits per heavy atom. The monoisotopic (exact) mass is 315 g/mol. The Morgan fingerprint density at radius 1 is 1.35 bits per heavy atom. The number of halogens is 3. The van der Waals surface area contributed by atoms with Crippen molar-refractivity contribution in [1.82, 2.24) is 4.98 Å². The van der Waals surface area contributed by atoms with Crippen molar-refractivity contribution in [2.24, 2.45) is 0 Å². The number of pyridine rings is 1.